The molecule has 1 saturated heterocycles. The maximum atomic E-state index is 12.7. The number of carbonyl (C=O) groups is 2. The molecule has 6 nitrogen and oxygen atoms in total. The molecule has 2 N–H and O–H groups in total. The molecule has 5 rings (SSSR count). The zero-order chi connectivity index (χ0) is 23.7. The van der Waals surface area contributed by atoms with Gasteiger partial charge in [0.1, 0.15) is 0 Å². The van der Waals surface area contributed by atoms with E-state index < -0.39 is 5.91 Å². The first-order valence-corrected chi connectivity index (χ1v) is 11.6. The van der Waals surface area contributed by atoms with Gasteiger partial charge in [-0.1, -0.05) is 35.9 Å². The van der Waals surface area contributed by atoms with Crippen LogP contribution in [0.2, 0.25) is 0 Å². The van der Waals surface area contributed by atoms with Crippen LogP contribution in [0.1, 0.15) is 21.5 Å². The van der Waals surface area contributed by atoms with E-state index in [4.69, 9.17) is 0 Å². The predicted octanol–water partition coefficient (Wildman–Crippen LogP) is 4.14. The second-order valence-electron chi connectivity index (χ2n) is 8.95. The predicted molar refractivity (Wildman–Crippen MR) is 137 cm³/mol. The van der Waals surface area contributed by atoms with Crippen LogP contribution in [0.4, 0.5) is 11.4 Å². The summed E-state index contributed by atoms with van der Waals surface area (Å²) in [7, 11) is 2.15. The highest BCUT2D eigenvalue weighted by Crippen LogP contribution is 2.30. The topological polar surface area (TPSA) is 64.7 Å². The van der Waals surface area contributed by atoms with Gasteiger partial charge >= 0.3 is 0 Å². The number of hydrogen-bond donors (Lipinski definition) is 2. The van der Waals surface area contributed by atoms with Crippen molar-refractivity contribution < 1.29 is 9.59 Å². The number of amides is 2. The van der Waals surface area contributed by atoms with Crippen molar-refractivity contribution in [1.29, 1.82) is 0 Å². The second kappa shape index (κ2) is 9.15. The van der Waals surface area contributed by atoms with Gasteiger partial charge < -0.3 is 15.1 Å². The molecule has 34 heavy (non-hydrogen) atoms. The van der Waals surface area contributed by atoms with Crippen LogP contribution >= 0.6 is 0 Å². The van der Waals surface area contributed by atoms with Crippen molar-refractivity contribution in [2.45, 2.75) is 6.92 Å². The minimum atomic E-state index is -0.402. The Morgan fingerprint density at radius 3 is 2.29 bits per heavy atom. The molecule has 0 spiro atoms. The van der Waals surface area contributed by atoms with E-state index in [1.807, 2.05) is 49.4 Å². The average Bonchev–Trinajstić information content (AvgIpc) is 2.84. The van der Waals surface area contributed by atoms with Gasteiger partial charge in [0.05, 0.1) is 5.57 Å². The molecule has 2 aliphatic heterocycles. The minimum Gasteiger partial charge on any atom is -0.369 e. The Balaban J connectivity index is 1.41. The van der Waals surface area contributed by atoms with Crippen LogP contribution in [0.25, 0.3) is 16.7 Å². The summed E-state index contributed by atoms with van der Waals surface area (Å²) in [4.78, 5) is 29.9. The molecular weight excluding hydrogens is 424 g/mol. The second-order valence-corrected chi connectivity index (χ2v) is 8.95. The quantitative estimate of drug-likeness (QED) is 0.460. The maximum Gasteiger partial charge on any atom is 0.260 e. The molecule has 2 amide bonds. The van der Waals surface area contributed by atoms with Crippen molar-refractivity contribution in [3.05, 3.63) is 89.6 Å². The fourth-order valence-electron chi connectivity index (χ4n) is 4.46. The number of piperazine rings is 1. The fraction of sp³-hybridized carbons (Fsp3) is 0.214. The molecule has 3 aromatic rings. The smallest absolute Gasteiger partial charge is 0.260 e. The summed E-state index contributed by atoms with van der Waals surface area (Å²) >= 11 is 0. The molecule has 3 aromatic carbocycles. The molecule has 2 heterocycles. The zero-order valence-corrected chi connectivity index (χ0v) is 19.5. The van der Waals surface area contributed by atoms with Gasteiger partial charge in [-0.25, -0.2) is 0 Å². The highest BCUT2D eigenvalue weighted by Gasteiger charge is 2.27. The first kappa shape index (κ1) is 21.9. The lowest BCUT2D eigenvalue weighted by atomic mass is 9.91. The Bertz CT molecular complexity index is 1270. The van der Waals surface area contributed by atoms with Crippen LogP contribution in [0.5, 0.6) is 0 Å². The normalized spacial score (nSPS) is 17.5. The fourth-order valence-corrected chi connectivity index (χ4v) is 4.46. The number of likely N-dealkylation sites (N-methyl/N-ethyl adjacent to an activating group) is 1. The van der Waals surface area contributed by atoms with Crippen LogP contribution in [0.3, 0.4) is 0 Å². The number of fused-ring (bicyclic) bond motifs is 1. The van der Waals surface area contributed by atoms with Crippen molar-refractivity contribution >= 4 is 28.8 Å². The SMILES string of the molecule is Cc1cccc(-c2ccc3c(c2)/C(=C/Nc2ccc(N4CCN(C)CC4)cc2)C(=O)NC3=O)c1. The van der Waals surface area contributed by atoms with E-state index in [9.17, 15) is 9.59 Å². The van der Waals surface area contributed by atoms with Gasteiger partial charge in [0.15, 0.2) is 0 Å². The molecule has 172 valence electrons. The van der Waals surface area contributed by atoms with Crippen molar-refractivity contribution in [2.24, 2.45) is 0 Å². The third-order valence-corrected chi connectivity index (χ3v) is 6.50. The summed E-state index contributed by atoms with van der Waals surface area (Å²) in [6.45, 7) is 6.19. The first-order valence-electron chi connectivity index (χ1n) is 11.6. The number of carbonyl (C=O) groups excluding carboxylic acids is 2. The van der Waals surface area contributed by atoms with E-state index in [-0.39, 0.29) is 5.91 Å². The van der Waals surface area contributed by atoms with Crippen LogP contribution in [0, 0.1) is 6.92 Å². The van der Waals surface area contributed by atoms with Gasteiger partial charge in [-0.3, -0.25) is 14.9 Å². The van der Waals surface area contributed by atoms with E-state index in [0.717, 1.165) is 48.6 Å². The number of nitrogens with zero attached hydrogens (tertiary/aromatic N) is 2. The summed E-state index contributed by atoms with van der Waals surface area (Å²) in [6.07, 6.45) is 1.69. The van der Waals surface area contributed by atoms with Gasteiger partial charge in [-0.05, 0) is 61.5 Å². The Morgan fingerprint density at radius 2 is 1.56 bits per heavy atom. The van der Waals surface area contributed by atoms with Gasteiger partial charge in [0.25, 0.3) is 11.8 Å². The molecule has 0 aromatic heterocycles. The third-order valence-electron chi connectivity index (χ3n) is 6.50. The molecule has 2 aliphatic rings. The molecular formula is C28H28N4O2. The number of hydrogen-bond acceptors (Lipinski definition) is 5. The van der Waals surface area contributed by atoms with Gasteiger partial charge in [-0.2, -0.15) is 0 Å². The van der Waals surface area contributed by atoms with E-state index in [0.29, 0.717) is 16.7 Å². The summed E-state index contributed by atoms with van der Waals surface area (Å²) in [5.74, 6) is -0.773. The van der Waals surface area contributed by atoms with Crippen LogP contribution < -0.4 is 15.5 Å². The molecule has 0 atom stereocenters. The van der Waals surface area contributed by atoms with Crippen LogP contribution in [-0.4, -0.2) is 49.9 Å². The van der Waals surface area contributed by atoms with Crippen molar-refractivity contribution in [2.75, 3.05) is 43.4 Å². The molecule has 0 bridgehead atoms. The van der Waals surface area contributed by atoms with Gasteiger partial charge in [0, 0.05) is 54.9 Å². The van der Waals surface area contributed by atoms with Crippen LogP contribution in [0.15, 0.2) is 72.9 Å². The zero-order valence-electron chi connectivity index (χ0n) is 19.5. The van der Waals surface area contributed by atoms with Crippen LogP contribution in [-0.2, 0) is 4.79 Å². The summed E-state index contributed by atoms with van der Waals surface area (Å²) in [5, 5.41) is 5.69. The number of benzene rings is 3. The molecule has 0 saturated carbocycles. The number of nitrogens with one attached hydrogen (secondary N) is 2. The molecule has 0 radical (unpaired) electrons. The van der Waals surface area contributed by atoms with E-state index in [1.165, 1.54) is 5.69 Å². The molecule has 0 aliphatic carbocycles. The highest BCUT2D eigenvalue weighted by atomic mass is 16.2. The average molecular weight is 453 g/mol. The number of anilines is 2. The molecule has 0 unspecified atom stereocenters. The largest absolute Gasteiger partial charge is 0.369 e. The molecule has 1 fully saturated rings. The maximum absolute atomic E-state index is 12.7. The standard InChI is InChI=1S/C28H28N4O2/c1-19-4-3-5-20(16-19)21-6-11-24-25(17-21)26(28(34)30-27(24)33)18-29-22-7-9-23(10-8-22)32-14-12-31(2)13-15-32/h3-11,16-18,29H,12-15H2,1-2H3,(H,30,33,34)/b26-18-. The van der Waals surface area contributed by atoms with E-state index in [2.05, 4.69) is 45.7 Å². The summed E-state index contributed by atoms with van der Waals surface area (Å²) in [6, 6.07) is 22.0. The highest BCUT2D eigenvalue weighted by molar-refractivity contribution is 6.31. The third kappa shape index (κ3) is 4.45. The molecule has 6 heteroatoms. The van der Waals surface area contributed by atoms with Crippen molar-refractivity contribution in [3.8, 4) is 11.1 Å². The Morgan fingerprint density at radius 1 is 0.824 bits per heavy atom. The number of imide groups is 1. The lowest BCUT2D eigenvalue weighted by Crippen LogP contribution is -2.44. The van der Waals surface area contributed by atoms with Crippen molar-refractivity contribution in [1.82, 2.24) is 10.2 Å². The lowest BCUT2D eigenvalue weighted by molar-refractivity contribution is -0.114. The summed E-state index contributed by atoms with van der Waals surface area (Å²) < 4.78 is 0. The minimum absolute atomic E-state index is 0.371. The lowest BCUT2D eigenvalue weighted by Gasteiger charge is -2.34. The summed E-state index contributed by atoms with van der Waals surface area (Å²) in [5.41, 5.74) is 6.81. The van der Waals surface area contributed by atoms with Gasteiger partial charge in [-0.15, -0.1) is 0 Å². The monoisotopic (exact) mass is 452 g/mol. The number of rotatable bonds is 4. The number of aryl methyl sites for hydroxylation is 1. The van der Waals surface area contributed by atoms with E-state index >= 15 is 0 Å². The van der Waals surface area contributed by atoms with Crippen molar-refractivity contribution in [3.63, 3.8) is 0 Å². The Hall–Kier alpha value is -3.90. The Labute approximate surface area is 199 Å². The Kier molecular flexibility index (Phi) is 5.90. The van der Waals surface area contributed by atoms with E-state index in [1.54, 1.807) is 12.3 Å². The first-order chi connectivity index (χ1) is 16.5. The van der Waals surface area contributed by atoms with Gasteiger partial charge in [0.2, 0.25) is 0 Å².